The van der Waals surface area contributed by atoms with Crippen molar-refractivity contribution >= 4 is 23.1 Å². The van der Waals surface area contributed by atoms with Crippen molar-refractivity contribution in [2.45, 2.75) is 52.0 Å². The summed E-state index contributed by atoms with van der Waals surface area (Å²) in [6, 6.07) is 5.06. The number of hydrogen-bond donors (Lipinski definition) is 1. The molecule has 1 aromatic heterocycles. The molecule has 0 amide bonds. The molecule has 1 rings (SSSR count). The zero-order chi connectivity index (χ0) is 13.2. The van der Waals surface area contributed by atoms with E-state index >= 15 is 0 Å². The van der Waals surface area contributed by atoms with E-state index in [-0.39, 0.29) is 0 Å². The summed E-state index contributed by atoms with van der Waals surface area (Å²) in [5.41, 5.74) is 0. The van der Waals surface area contributed by atoms with Crippen LogP contribution < -0.4 is 5.32 Å². The Kier molecular flexibility index (Phi) is 8.82. The van der Waals surface area contributed by atoms with E-state index in [1.54, 1.807) is 0 Å². The number of nitrogens with one attached hydrogen (secondary N) is 1. The zero-order valence-corrected chi connectivity index (χ0v) is 13.6. The van der Waals surface area contributed by atoms with Crippen LogP contribution in [0.15, 0.2) is 12.1 Å². The molecule has 0 saturated carbocycles. The van der Waals surface area contributed by atoms with Gasteiger partial charge in [0.2, 0.25) is 0 Å². The predicted octanol–water partition coefficient (Wildman–Crippen LogP) is 4.88. The molecule has 0 fully saturated rings. The number of aryl methyl sites for hydroxylation is 1. The lowest BCUT2D eigenvalue weighted by Crippen LogP contribution is -2.18. The number of thioether (sulfide) groups is 1. The van der Waals surface area contributed by atoms with Gasteiger partial charge in [-0.15, -0.1) is 11.3 Å². The van der Waals surface area contributed by atoms with Crippen LogP contribution in [0.1, 0.15) is 55.3 Å². The Morgan fingerprint density at radius 1 is 1.22 bits per heavy atom. The van der Waals surface area contributed by atoms with E-state index in [9.17, 15) is 0 Å². The van der Waals surface area contributed by atoms with Gasteiger partial charge >= 0.3 is 0 Å². The molecule has 0 saturated heterocycles. The van der Waals surface area contributed by atoms with Crippen LogP contribution in [0.2, 0.25) is 0 Å². The summed E-state index contributed by atoms with van der Waals surface area (Å²) in [6.45, 7) is 5.65. The standard InChI is InChI=1S/C15H27NS2/c1-4-14-9-10-15(18-14)13(2)16-11-7-5-6-8-12-17-3/h9-10,13,16H,4-8,11-12H2,1-3H3. The number of thiophene rings is 1. The summed E-state index contributed by atoms with van der Waals surface area (Å²) >= 11 is 3.91. The molecule has 0 aliphatic carbocycles. The Morgan fingerprint density at radius 3 is 2.67 bits per heavy atom. The summed E-state index contributed by atoms with van der Waals surface area (Å²) in [5, 5.41) is 3.63. The lowest BCUT2D eigenvalue weighted by atomic mass is 10.2. The van der Waals surface area contributed by atoms with Crippen LogP contribution in [0, 0.1) is 0 Å². The van der Waals surface area contributed by atoms with E-state index in [1.807, 2.05) is 23.1 Å². The second-order valence-corrected chi connectivity index (χ2v) is 6.93. The lowest BCUT2D eigenvalue weighted by Gasteiger charge is -2.11. The normalized spacial score (nSPS) is 12.8. The van der Waals surface area contributed by atoms with Crippen LogP contribution in [-0.2, 0) is 6.42 Å². The van der Waals surface area contributed by atoms with Crippen molar-refractivity contribution in [1.29, 1.82) is 0 Å². The fourth-order valence-corrected chi connectivity index (χ4v) is 3.43. The quantitative estimate of drug-likeness (QED) is 0.615. The van der Waals surface area contributed by atoms with Crippen LogP contribution >= 0.6 is 23.1 Å². The smallest absolute Gasteiger partial charge is 0.0386 e. The first-order valence-electron chi connectivity index (χ1n) is 7.08. The second-order valence-electron chi connectivity index (χ2n) is 4.74. The monoisotopic (exact) mass is 285 g/mol. The van der Waals surface area contributed by atoms with Gasteiger partial charge in [-0.1, -0.05) is 19.8 Å². The average Bonchev–Trinajstić information content (AvgIpc) is 2.86. The molecule has 0 aromatic carbocycles. The molecule has 0 aliphatic rings. The highest BCUT2D eigenvalue weighted by molar-refractivity contribution is 7.98. The summed E-state index contributed by atoms with van der Waals surface area (Å²) in [5.74, 6) is 1.32. The summed E-state index contributed by atoms with van der Waals surface area (Å²) in [4.78, 5) is 2.98. The van der Waals surface area contributed by atoms with Crippen molar-refractivity contribution in [1.82, 2.24) is 5.32 Å². The Labute approximate surface area is 121 Å². The highest BCUT2D eigenvalue weighted by Gasteiger charge is 2.06. The first-order chi connectivity index (χ1) is 8.77. The van der Waals surface area contributed by atoms with E-state index in [0.29, 0.717) is 6.04 Å². The fraction of sp³-hybridized carbons (Fsp3) is 0.733. The van der Waals surface area contributed by atoms with Gasteiger partial charge in [0, 0.05) is 15.8 Å². The molecule has 1 aromatic rings. The van der Waals surface area contributed by atoms with Gasteiger partial charge in [0.1, 0.15) is 0 Å². The number of rotatable bonds is 10. The maximum absolute atomic E-state index is 3.63. The van der Waals surface area contributed by atoms with E-state index in [1.165, 1.54) is 41.2 Å². The summed E-state index contributed by atoms with van der Waals surface area (Å²) in [6.07, 6.45) is 8.79. The molecule has 0 spiro atoms. The van der Waals surface area contributed by atoms with Crippen molar-refractivity contribution in [3.63, 3.8) is 0 Å². The SMILES string of the molecule is CCc1ccc(C(C)NCCCCCCSC)s1. The fourth-order valence-electron chi connectivity index (χ4n) is 1.96. The van der Waals surface area contributed by atoms with Crippen LogP contribution in [-0.4, -0.2) is 18.6 Å². The lowest BCUT2D eigenvalue weighted by molar-refractivity contribution is 0.542. The van der Waals surface area contributed by atoms with E-state index < -0.39 is 0 Å². The average molecular weight is 286 g/mol. The Bertz CT molecular complexity index is 309. The molecule has 0 aliphatic heterocycles. The van der Waals surface area contributed by atoms with Gasteiger partial charge in [0.15, 0.2) is 0 Å². The Morgan fingerprint density at radius 2 is 2.00 bits per heavy atom. The number of hydrogen-bond acceptors (Lipinski definition) is 3. The van der Waals surface area contributed by atoms with Gasteiger partial charge in [-0.2, -0.15) is 11.8 Å². The molecular formula is C15H27NS2. The molecule has 1 nitrogen and oxygen atoms in total. The molecule has 3 heteroatoms. The molecular weight excluding hydrogens is 258 g/mol. The zero-order valence-electron chi connectivity index (χ0n) is 12.0. The van der Waals surface area contributed by atoms with Gasteiger partial charge in [-0.25, -0.2) is 0 Å². The van der Waals surface area contributed by atoms with Crippen LogP contribution in [0.25, 0.3) is 0 Å². The third-order valence-corrected chi connectivity index (χ3v) is 5.29. The van der Waals surface area contributed by atoms with Crippen molar-refractivity contribution in [3.8, 4) is 0 Å². The van der Waals surface area contributed by atoms with Crippen molar-refractivity contribution in [2.24, 2.45) is 0 Å². The first kappa shape index (κ1) is 16.1. The Balaban J connectivity index is 2.08. The van der Waals surface area contributed by atoms with Gasteiger partial charge < -0.3 is 5.32 Å². The molecule has 1 atom stereocenters. The molecule has 0 bridgehead atoms. The molecule has 0 radical (unpaired) electrons. The maximum Gasteiger partial charge on any atom is 0.0386 e. The van der Waals surface area contributed by atoms with E-state index in [2.05, 4.69) is 37.6 Å². The van der Waals surface area contributed by atoms with Crippen LogP contribution in [0.3, 0.4) is 0 Å². The minimum Gasteiger partial charge on any atom is -0.309 e. The summed E-state index contributed by atoms with van der Waals surface area (Å²) in [7, 11) is 0. The third-order valence-electron chi connectivity index (χ3n) is 3.18. The molecule has 18 heavy (non-hydrogen) atoms. The van der Waals surface area contributed by atoms with Gasteiger partial charge in [-0.05, 0) is 56.9 Å². The highest BCUT2D eigenvalue weighted by atomic mass is 32.2. The van der Waals surface area contributed by atoms with E-state index in [0.717, 1.165) is 13.0 Å². The van der Waals surface area contributed by atoms with Crippen LogP contribution in [0.4, 0.5) is 0 Å². The first-order valence-corrected chi connectivity index (χ1v) is 9.30. The van der Waals surface area contributed by atoms with Gasteiger partial charge in [0.05, 0.1) is 0 Å². The van der Waals surface area contributed by atoms with Crippen molar-refractivity contribution < 1.29 is 0 Å². The Hall–Kier alpha value is 0.01000. The second kappa shape index (κ2) is 9.88. The third kappa shape index (κ3) is 6.26. The minimum atomic E-state index is 0.515. The topological polar surface area (TPSA) is 12.0 Å². The largest absolute Gasteiger partial charge is 0.309 e. The minimum absolute atomic E-state index is 0.515. The highest BCUT2D eigenvalue weighted by Crippen LogP contribution is 2.23. The molecule has 1 unspecified atom stereocenters. The summed E-state index contributed by atoms with van der Waals surface area (Å²) < 4.78 is 0. The van der Waals surface area contributed by atoms with Crippen molar-refractivity contribution in [3.05, 3.63) is 21.9 Å². The molecule has 1 heterocycles. The van der Waals surface area contributed by atoms with Crippen molar-refractivity contribution in [2.75, 3.05) is 18.6 Å². The van der Waals surface area contributed by atoms with Gasteiger partial charge in [-0.3, -0.25) is 0 Å². The van der Waals surface area contributed by atoms with E-state index in [4.69, 9.17) is 0 Å². The van der Waals surface area contributed by atoms with Crippen LogP contribution in [0.5, 0.6) is 0 Å². The van der Waals surface area contributed by atoms with Gasteiger partial charge in [0.25, 0.3) is 0 Å². The predicted molar refractivity (Wildman–Crippen MR) is 87.0 cm³/mol. The number of unbranched alkanes of at least 4 members (excludes halogenated alkanes) is 3. The molecule has 104 valence electrons. The maximum atomic E-state index is 3.63. The molecule has 1 N–H and O–H groups in total.